The van der Waals surface area contributed by atoms with Gasteiger partial charge in [0.05, 0.1) is 29.2 Å². The number of nitriles is 1. The fourth-order valence-corrected chi connectivity index (χ4v) is 3.95. The summed E-state index contributed by atoms with van der Waals surface area (Å²) in [4.78, 5) is 21.2. The number of nitrogens with one attached hydrogen (secondary N) is 1. The summed E-state index contributed by atoms with van der Waals surface area (Å²) in [6.07, 6.45) is 3.41. The topological polar surface area (TPSA) is 105 Å². The third-order valence-electron chi connectivity index (χ3n) is 5.12. The van der Waals surface area contributed by atoms with E-state index in [1.807, 2.05) is 26.8 Å². The maximum absolute atomic E-state index is 13.0. The van der Waals surface area contributed by atoms with Crippen LogP contribution in [-0.4, -0.2) is 32.1 Å². The van der Waals surface area contributed by atoms with Crippen molar-refractivity contribution in [2.24, 2.45) is 0 Å². The number of alkyl halides is 2. The average molecular weight is 412 g/mol. The second-order valence-electron chi connectivity index (χ2n) is 7.81. The minimum Gasteiger partial charge on any atom is -0.415 e. The highest BCUT2D eigenvalue weighted by Gasteiger charge is 2.43. The molecule has 30 heavy (non-hydrogen) atoms. The molecule has 0 fully saturated rings. The predicted molar refractivity (Wildman–Crippen MR) is 102 cm³/mol. The highest BCUT2D eigenvalue weighted by molar-refractivity contribution is 5.96. The Bertz CT molecular complexity index is 1200. The number of carbonyl (C=O) groups excluding carboxylic acids is 1. The first-order valence-corrected chi connectivity index (χ1v) is 9.21. The molecule has 3 aromatic rings. The van der Waals surface area contributed by atoms with Gasteiger partial charge in [0.25, 0.3) is 0 Å². The summed E-state index contributed by atoms with van der Waals surface area (Å²) >= 11 is 0. The van der Waals surface area contributed by atoms with Gasteiger partial charge in [0.15, 0.2) is 5.65 Å². The zero-order chi connectivity index (χ0) is 21.6. The van der Waals surface area contributed by atoms with E-state index in [1.165, 1.54) is 12.3 Å². The summed E-state index contributed by atoms with van der Waals surface area (Å²) < 4.78 is 30.8. The Hall–Kier alpha value is -3.61. The van der Waals surface area contributed by atoms with E-state index in [1.54, 1.807) is 16.8 Å². The van der Waals surface area contributed by atoms with Gasteiger partial charge in [-0.1, -0.05) is 13.8 Å². The van der Waals surface area contributed by atoms with Crippen LogP contribution in [-0.2, 0) is 10.2 Å². The maximum Gasteiger partial charge on any atom is 0.388 e. The molecule has 3 heterocycles. The van der Waals surface area contributed by atoms with E-state index in [0.717, 1.165) is 22.6 Å². The van der Waals surface area contributed by atoms with Gasteiger partial charge in [0, 0.05) is 23.2 Å². The highest BCUT2D eigenvalue weighted by atomic mass is 19.3. The van der Waals surface area contributed by atoms with Crippen LogP contribution >= 0.6 is 0 Å². The molecule has 8 nitrogen and oxygen atoms in total. The Morgan fingerprint density at radius 1 is 1.37 bits per heavy atom. The number of rotatable bonds is 4. The number of nitrogens with zero attached hydrogens (tertiary/aromatic N) is 5. The third kappa shape index (κ3) is 3.32. The largest absolute Gasteiger partial charge is 0.415 e. The van der Waals surface area contributed by atoms with Crippen LogP contribution in [0.5, 0.6) is 5.88 Å². The van der Waals surface area contributed by atoms with Gasteiger partial charge in [-0.15, -0.1) is 0 Å². The molecule has 3 aromatic heterocycles. The number of aromatic nitrogens is 4. The van der Waals surface area contributed by atoms with E-state index < -0.39 is 18.4 Å². The number of hydrogen-bond acceptors (Lipinski definition) is 6. The molecule has 10 heteroatoms. The molecule has 0 radical (unpaired) electrons. The van der Waals surface area contributed by atoms with Crippen molar-refractivity contribution in [1.82, 2.24) is 19.6 Å². The molecule has 0 spiro atoms. The maximum atomic E-state index is 13.0. The van der Waals surface area contributed by atoms with E-state index in [-0.39, 0.29) is 22.6 Å². The van der Waals surface area contributed by atoms with Crippen LogP contribution in [0.4, 0.5) is 14.5 Å². The number of halogens is 2. The van der Waals surface area contributed by atoms with Gasteiger partial charge in [0.1, 0.15) is 11.6 Å². The molecule has 0 bridgehead atoms. The van der Waals surface area contributed by atoms with E-state index in [2.05, 4.69) is 25.1 Å². The van der Waals surface area contributed by atoms with Gasteiger partial charge in [-0.3, -0.25) is 4.79 Å². The Morgan fingerprint density at radius 2 is 2.13 bits per heavy atom. The Labute approximate surface area is 170 Å². The number of aryl methyl sites for hydroxylation is 1. The number of amides is 1. The number of carbonyl (C=O) groups is 1. The molecule has 0 aliphatic heterocycles. The van der Waals surface area contributed by atoms with E-state index in [4.69, 9.17) is 5.26 Å². The molecular weight excluding hydrogens is 394 g/mol. The summed E-state index contributed by atoms with van der Waals surface area (Å²) in [6, 6.07) is 4.87. The van der Waals surface area contributed by atoms with Gasteiger partial charge < -0.3 is 10.1 Å². The summed E-state index contributed by atoms with van der Waals surface area (Å²) in [6.45, 7) is 2.87. The van der Waals surface area contributed by atoms with Gasteiger partial charge in [-0.2, -0.15) is 19.1 Å². The summed E-state index contributed by atoms with van der Waals surface area (Å²) in [7, 11) is 0. The number of hydrogen-bond donors (Lipinski definition) is 1. The first-order valence-electron chi connectivity index (χ1n) is 9.21. The zero-order valence-corrected chi connectivity index (χ0v) is 16.5. The van der Waals surface area contributed by atoms with E-state index >= 15 is 0 Å². The van der Waals surface area contributed by atoms with Crippen molar-refractivity contribution < 1.29 is 18.3 Å². The van der Waals surface area contributed by atoms with Crippen LogP contribution in [0.3, 0.4) is 0 Å². The normalized spacial score (nSPS) is 17.0. The van der Waals surface area contributed by atoms with Gasteiger partial charge >= 0.3 is 6.61 Å². The van der Waals surface area contributed by atoms with Crippen molar-refractivity contribution in [1.29, 1.82) is 5.26 Å². The van der Waals surface area contributed by atoms with Crippen molar-refractivity contribution in [3.8, 4) is 11.9 Å². The van der Waals surface area contributed by atoms with Crippen LogP contribution in [0, 0.1) is 18.3 Å². The Kier molecular flexibility index (Phi) is 4.61. The fraction of sp³-hybridized carbons (Fsp3) is 0.350. The zero-order valence-electron chi connectivity index (χ0n) is 16.5. The third-order valence-corrected chi connectivity index (χ3v) is 5.12. The molecule has 0 unspecified atom stereocenters. The molecule has 0 aromatic carbocycles. The summed E-state index contributed by atoms with van der Waals surface area (Å²) in [5.41, 5.74) is 2.96. The molecule has 0 saturated heterocycles. The van der Waals surface area contributed by atoms with Gasteiger partial charge in [-0.25, -0.2) is 14.5 Å². The van der Waals surface area contributed by atoms with Crippen molar-refractivity contribution in [3.05, 3.63) is 47.0 Å². The minimum atomic E-state index is -3.10. The quantitative estimate of drug-likeness (QED) is 0.705. The van der Waals surface area contributed by atoms with Crippen LogP contribution in [0.2, 0.25) is 0 Å². The lowest BCUT2D eigenvalue weighted by atomic mass is 9.88. The lowest BCUT2D eigenvalue weighted by molar-refractivity contribution is -0.117. The standard InChI is InChI=1S/C20H18F2N6O2/c1-10-4-15-24-9-14-13(6-20(2,3)16(14)28(15)27-10)17(29)26-12-5-11(7-23)18(25-8-12)30-19(21)22/h4-5,8-9,13,19H,6H2,1-3H3,(H,26,29)/t13-/m1/s1. The molecule has 4 rings (SSSR count). The van der Waals surface area contributed by atoms with Gasteiger partial charge in [0.2, 0.25) is 11.8 Å². The van der Waals surface area contributed by atoms with Gasteiger partial charge in [-0.05, 0) is 19.4 Å². The van der Waals surface area contributed by atoms with E-state index in [0.29, 0.717) is 6.42 Å². The summed E-state index contributed by atoms with van der Waals surface area (Å²) in [5.74, 6) is -1.28. The lowest BCUT2D eigenvalue weighted by Crippen LogP contribution is -2.22. The molecule has 154 valence electrons. The minimum absolute atomic E-state index is 0.198. The monoisotopic (exact) mass is 412 g/mol. The van der Waals surface area contributed by atoms with Crippen molar-refractivity contribution in [3.63, 3.8) is 0 Å². The molecule has 1 amide bonds. The molecule has 1 aliphatic rings. The molecule has 1 aliphatic carbocycles. The van der Waals surface area contributed by atoms with Crippen molar-refractivity contribution >= 4 is 17.2 Å². The molecule has 1 N–H and O–H groups in total. The first-order chi connectivity index (χ1) is 14.2. The molecule has 1 atom stereocenters. The number of ether oxygens (including phenoxy) is 1. The van der Waals surface area contributed by atoms with Crippen LogP contribution in [0.15, 0.2) is 24.5 Å². The SMILES string of the molecule is Cc1cc2ncc3c(n2n1)C(C)(C)C[C@H]3C(=O)Nc1cnc(OC(F)F)c(C#N)c1. The van der Waals surface area contributed by atoms with Crippen LogP contribution in [0.25, 0.3) is 5.65 Å². The number of pyridine rings is 1. The number of anilines is 1. The van der Waals surface area contributed by atoms with Crippen LogP contribution < -0.4 is 10.1 Å². The van der Waals surface area contributed by atoms with Crippen molar-refractivity contribution in [2.75, 3.05) is 5.32 Å². The highest BCUT2D eigenvalue weighted by Crippen LogP contribution is 2.45. The molecular formula is C20H18F2N6O2. The molecule has 0 saturated carbocycles. The smallest absolute Gasteiger partial charge is 0.388 e. The average Bonchev–Trinajstić information content (AvgIpc) is 3.18. The predicted octanol–water partition coefficient (Wildman–Crippen LogP) is 3.31. The Balaban J connectivity index is 1.65. The second-order valence-corrected chi connectivity index (χ2v) is 7.81. The Morgan fingerprint density at radius 3 is 2.83 bits per heavy atom. The summed E-state index contributed by atoms with van der Waals surface area (Å²) in [5, 5.41) is 16.4. The first kappa shape index (κ1) is 19.7. The van der Waals surface area contributed by atoms with Crippen molar-refractivity contribution in [2.45, 2.75) is 45.1 Å². The van der Waals surface area contributed by atoms with Crippen LogP contribution in [0.1, 0.15) is 48.7 Å². The lowest BCUT2D eigenvalue weighted by Gasteiger charge is -2.19. The fourth-order valence-electron chi connectivity index (χ4n) is 3.95. The number of fused-ring (bicyclic) bond motifs is 3. The van der Waals surface area contributed by atoms with E-state index in [9.17, 15) is 13.6 Å². The second kappa shape index (κ2) is 7.02.